The minimum atomic E-state index is -0.570. The number of ether oxygens (including phenoxy) is 1. The average molecular weight is 272 g/mol. The Morgan fingerprint density at radius 3 is 2.21 bits per heavy atom. The molecule has 0 saturated carbocycles. The van der Waals surface area contributed by atoms with E-state index in [2.05, 4.69) is 19.2 Å². The van der Waals surface area contributed by atoms with Crippen molar-refractivity contribution >= 4 is 11.9 Å². The third kappa shape index (κ3) is 7.82. The molecule has 0 aromatic carbocycles. The van der Waals surface area contributed by atoms with Gasteiger partial charge in [0.05, 0.1) is 13.5 Å². The summed E-state index contributed by atoms with van der Waals surface area (Å²) < 4.78 is 4.72. The minimum Gasteiger partial charge on any atom is -0.468 e. The number of methoxy groups -OCH3 is 1. The van der Waals surface area contributed by atoms with Crippen molar-refractivity contribution in [1.82, 2.24) is 10.2 Å². The average Bonchev–Trinajstić information content (AvgIpc) is 2.33. The van der Waals surface area contributed by atoms with E-state index in [1.54, 1.807) is 11.9 Å². The van der Waals surface area contributed by atoms with E-state index in [1.165, 1.54) is 7.11 Å². The highest BCUT2D eigenvalue weighted by Gasteiger charge is 2.24. The van der Waals surface area contributed by atoms with E-state index >= 15 is 0 Å². The fourth-order valence-corrected chi connectivity index (χ4v) is 1.66. The van der Waals surface area contributed by atoms with E-state index < -0.39 is 6.04 Å². The molecule has 0 fully saturated rings. The fraction of sp³-hybridized carbons (Fsp3) is 0.857. The summed E-state index contributed by atoms with van der Waals surface area (Å²) in [4.78, 5) is 25.3. The molecule has 112 valence electrons. The first-order valence-electron chi connectivity index (χ1n) is 6.85. The smallest absolute Gasteiger partial charge is 0.323 e. The lowest BCUT2D eigenvalue weighted by atomic mass is 10.1. The first-order chi connectivity index (χ1) is 8.77. The van der Waals surface area contributed by atoms with Crippen LogP contribution in [0.5, 0.6) is 0 Å². The summed E-state index contributed by atoms with van der Waals surface area (Å²) in [5.41, 5.74) is 0. The molecular weight excluding hydrogens is 244 g/mol. The van der Waals surface area contributed by atoms with Gasteiger partial charge in [0, 0.05) is 19.6 Å². The van der Waals surface area contributed by atoms with Gasteiger partial charge in [-0.15, -0.1) is 0 Å². The Bertz CT molecular complexity index is 290. The summed E-state index contributed by atoms with van der Waals surface area (Å²) in [5, 5.41) is 3.06. The Morgan fingerprint density at radius 1 is 1.21 bits per heavy atom. The zero-order valence-electron chi connectivity index (χ0n) is 13.0. The third-order valence-electron chi connectivity index (χ3n) is 2.87. The van der Waals surface area contributed by atoms with Crippen LogP contribution in [0.4, 0.5) is 0 Å². The van der Waals surface area contributed by atoms with Gasteiger partial charge in [-0.3, -0.25) is 9.59 Å². The maximum atomic E-state index is 12.0. The van der Waals surface area contributed by atoms with Gasteiger partial charge in [0.2, 0.25) is 5.91 Å². The summed E-state index contributed by atoms with van der Waals surface area (Å²) in [5.74, 6) is 0.129. The molecule has 0 bridgehead atoms. The van der Waals surface area contributed by atoms with Crippen LogP contribution < -0.4 is 5.32 Å². The topological polar surface area (TPSA) is 58.6 Å². The summed E-state index contributed by atoms with van der Waals surface area (Å²) in [7, 11) is 3.11. The molecule has 5 nitrogen and oxygen atoms in total. The van der Waals surface area contributed by atoms with Gasteiger partial charge >= 0.3 is 5.97 Å². The molecule has 1 amide bonds. The van der Waals surface area contributed by atoms with E-state index in [1.807, 2.05) is 13.8 Å². The van der Waals surface area contributed by atoms with Crippen molar-refractivity contribution in [2.45, 2.75) is 52.6 Å². The Morgan fingerprint density at radius 2 is 1.79 bits per heavy atom. The Kier molecular flexibility index (Phi) is 8.39. The summed E-state index contributed by atoms with van der Waals surface area (Å²) in [6, 6.07) is -0.447. The first-order valence-corrected chi connectivity index (χ1v) is 6.85. The number of carbonyl (C=O) groups is 2. The largest absolute Gasteiger partial charge is 0.468 e. The Labute approximate surface area is 116 Å². The van der Waals surface area contributed by atoms with Gasteiger partial charge in [-0.2, -0.15) is 0 Å². The first kappa shape index (κ1) is 17.9. The maximum absolute atomic E-state index is 12.0. The van der Waals surface area contributed by atoms with Crippen LogP contribution in [0.25, 0.3) is 0 Å². The van der Waals surface area contributed by atoms with Crippen LogP contribution in [0.1, 0.15) is 40.5 Å². The van der Waals surface area contributed by atoms with Crippen LogP contribution >= 0.6 is 0 Å². The van der Waals surface area contributed by atoms with Gasteiger partial charge in [0.15, 0.2) is 0 Å². The van der Waals surface area contributed by atoms with E-state index in [0.29, 0.717) is 12.5 Å². The van der Waals surface area contributed by atoms with Crippen molar-refractivity contribution in [2.75, 3.05) is 20.7 Å². The molecule has 0 aliphatic rings. The highest BCUT2D eigenvalue weighted by Crippen LogP contribution is 2.05. The number of nitrogens with zero attached hydrogens (tertiary/aromatic N) is 1. The molecule has 0 saturated heterocycles. The molecule has 0 heterocycles. The lowest BCUT2D eigenvalue weighted by molar-refractivity contribution is -0.146. The third-order valence-corrected chi connectivity index (χ3v) is 2.87. The molecule has 0 rings (SSSR count). The number of carbonyl (C=O) groups excluding carboxylic acids is 2. The lowest BCUT2D eigenvalue weighted by Gasteiger charge is -2.23. The predicted octanol–water partition coefficient (Wildman–Crippen LogP) is 1.42. The molecule has 0 radical (unpaired) electrons. The molecule has 1 atom stereocenters. The Balaban J connectivity index is 4.40. The van der Waals surface area contributed by atoms with Gasteiger partial charge in [0.25, 0.3) is 0 Å². The normalized spacial score (nSPS) is 12.6. The highest BCUT2D eigenvalue weighted by molar-refractivity contribution is 5.85. The summed E-state index contributed by atoms with van der Waals surface area (Å²) >= 11 is 0. The summed E-state index contributed by atoms with van der Waals surface area (Å²) in [6.07, 6.45) is 1.10. The van der Waals surface area contributed by atoms with Crippen LogP contribution in [0.15, 0.2) is 0 Å². The van der Waals surface area contributed by atoms with Gasteiger partial charge in [-0.05, 0) is 12.3 Å². The molecule has 0 unspecified atom stereocenters. The highest BCUT2D eigenvalue weighted by atomic mass is 16.5. The predicted molar refractivity (Wildman–Crippen MR) is 75.8 cm³/mol. The number of nitrogens with one attached hydrogen (secondary N) is 1. The lowest BCUT2D eigenvalue weighted by Crippen LogP contribution is -2.45. The van der Waals surface area contributed by atoms with E-state index in [9.17, 15) is 9.59 Å². The van der Waals surface area contributed by atoms with Gasteiger partial charge < -0.3 is 15.0 Å². The van der Waals surface area contributed by atoms with Gasteiger partial charge in [-0.25, -0.2) is 0 Å². The molecule has 0 aliphatic heterocycles. The second-order valence-electron chi connectivity index (χ2n) is 5.60. The molecule has 0 aromatic rings. The van der Waals surface area contributed by atoms with Crippen LogP contribution in [-0.4, -0.2) is 49.6 Å². The van der Waals surface area contributed by atoms with E-state index in [0.717, 1.165) is 6.42 Å². The van der Waals surface area contributed by atoms with Gasteiger partial charge in [-0.1, -0.05) is 27.7 Å². The van der Waals surface area contributed by atoms with Crippen molar-refractivity contribution in [3.8, 4) is 0 Å². The van der Waals surface area contributed by atoms with Crippen LogP contribution in [-0.2, 0) is 14.3 Å². The van der Waals surface area contributed by atoms with Crippen molar-refractivity contribution < 1.29 is 14.3 Å². The zero-order chi connectivity index (χ0) is 15.0. The van der Waals surface area contributed by atoms with E-state index in [4.69, 9.17) is 4.74 Å². The van der Waals surface area contributed by atoms with Crippen molar-refractivity contribution in [2.24, 2.45) is 5.92 Å². The second-order valence-corrected chi connectivity index (χ2v) is 5.60. The molecular formula is C14H28N2O3. The van der Waals surface area contributed by atoms with Crippen molar-refractivity contribution in [1.29, 1.82) is 0 Å². The Hall–Kier alpha value is -1.10. The molecule has 19 heavy (non-hydrogen) atoms. The van der Waals surface area contributed by atoms with Crippen LogP contribution in [0.3, 0.4) is 0 Å². The second kappa shape index (κ2) is 8.91. The standard InChI is InChI=1S/C14H28N2O3/c1-10(2)7-8-16(5)13(17)9-12(14(18)19-6)15-11(3)4/h10-12,15H,7-9H2,1-6H3/t12-/m0/s1. The molecule has 0 aromatic heterocycles. The maximum Gasteiger partial charge on any atom is 0.323 e. The minimum absolute atomic E-state index is 0.0378. The number of hydrogen-bond donors (Lipinski definition) is 1. The quantitative estimate of drug-likeness (QED) is 0.679. The van der Waals surface area contributed by atoms with E-state index in [-0.39, 0.29) is 24.3 Å². The van der Waals surface area contributed by atoms with Crippen molar-refractivity contribution in [3.05, 3.63) is 0 Å². The summed E-state index contributed by atoms with van der Waals surface area (Å²) in [6.45, 7) is 8.82. The number of esters is 1. The molecule has 1 N–H and O–H groups in total. The number of hydrogen-bond acceptors (Lipinski definition) is 4. The SMILES string of the molecule is COC(=O)[C@H](CC(=O)N(C)CCC(C)C)NC(C)C. The number of amides is 1. The zero-order valence-corrected chi connectivity index (χ0v) is 13.0. The van der Waals surface area contributed by atoms with Crippen molar-refractivity contribution in [3.63, 3.8) is 0 Å². The molecule has 5 heteroatoms. The molecule has 0 spiro atoms. The number of rotatable bonds is 8. The van der Waals surface area contributed by atoms with Crippen LogP contribution in [0.2, 0.25) is 0 Å². The van der Waals surface area contributed by atoms with Crippen LogP contribution in [0, 0.1) is 5.92 Å². The fourth-order valence-electron chi connectivity index (χ4n) is 1.66. The van der Waals surface area contributed by atoms with Gasteiger partial charge in [0.1, 0.15) is 6.04 Å². The molecule has 0 aliphatic carbocycles. The monoisotopic (exact) mass is 272 g/mol.